The van der Waals surface area contributed by atoms with Gasteiger partial charge < -0.3 is 14.2 Å². The topological polar surface area (TPSA) is 92.5 Å². The first kappa shape index (κ1) is 18.1. The summed E-state index contributed by atoms with van der Waals surface area (Å²) in [6, 6.07) is 11.0. The Morgan fingerprint density at radius 2 is 1.97 bits per heavy atom. The third-order valence-electron chi connectivity index (χ3n) is 4.44. The number of thiophene rings is 1. The molecule has 1 aliphatic rings. The van der Waals surface area contributed by atoms with Crippen molar-refractivity contribution in [2.24, 2.45) is 0 Å². The minimum Gasteiger partial charge on any atom is -0.490 e. The number of imidazole rings is 1. The normalized spacial score (nSPS) is 13.4. The fourth-order valence-electron chi connectivity index (χ4n) is 3.18. The Bertz CT molecular complexity index is 1310. The fraction of sp³-hybridized carbons (Fsp3) is 0.0476. The molecule has 0 radical (unpaired) electrons. The van der Waals surface area contributed by atoms with Crippen molar-refractivity contribution in [2.75, 3.05) is 7.11 Å². The molecule has 9 heteroatoms. The maximum atomic E-state index is 12.0. The number of pyridine rings is 1. The highest BCUT2D eigenvalue weighted by Crippen LogP contribution is 2.45. The van der Waals surface area contributed by atoms with Crippen LogP contribution in [0.5, 0.6) is 17.2 Å². The third-order valence-corrected chi connectivity index (χ3v) is 5.28. The minimum absolute atomic E-state index is 0.0290. The van der Waals surface area contributed by atoms with Crippen molar-refractivity contribution in [3.8, 4) is 23.1 Å². The molecule has 0 saturated carbocycles. The molecule has 3 aromatic heterocycles. The lowest BCUT2D eigenvalue weighted by molar-refractivity contribution is -0.155. The Balaban J connectivity index is 1.81. The van der Waals surface area contributed by atoms with Crippen LogP contribution in [0.25, 0.3) is 29.0 Å². The Morgan fingerprint density at radius 1 is 1.10 bits per heavy atom. The smallest absolute Gasteiger partial charge is 0.423 e. The van der Waals surface area contributed by atoms with Crippen molar-refractivity contribution >= 4 is 46.5 Å². The van der Waals surface area contributed by atoms with Gasteiger partial charge in [-0.05, 0) is 35.7 Å². The van der Waals surface area contributed by atoms with Gasteiger partial charge >= 0.3 is 11.9 Å². The van der Waals surface area contributed by atoms with E-state index in [9.17, 15) is 9.59 Å². The monoisotopic (exact) mass is 419 g/mol. The number of fused-ring (bicyclic) bond motifs is 4. The van der Waals surface area contributed by atoms with Crippen LogP contribution < -0.4 is 14.2 Å². The Hall–Kier alpha value is -3.98. The first-order valence-corrected chi connectivity index (χ1v) is 9.74. The molecule has 0 atom stereocenters. The van der Waals surface area contributed by atoms with Crippen molar-refractivity contribution in [1.82, 2.24) is 14.5 Å². The van der Waals surface area contributed by atoms with Crippen LogP contribution in [0.2, 0.25) is 0 Å². The standard InChI is InChI=1S/C21H13N3O5S/c1-27-18-14-11-13-17(19(18)29-21(26)20(25)28-14)23-16(8-7-12-5-4-10-30-12)24(13)15-6-2-3-9-22-15/h2-11H,1H3/b8-7+. The van der Waals surface area contributed by atoms with E-state index in [1.54, 1.807) is 34.2 Å². The molecule has 0 N–H and O–H groups in total. The Morgan fingerprint density at radius 3 is 2.70 bits per heavy atom. The maximum absolute atomic E-state index is 12.0. The van der Waals surface area contributed by atoms with E-state index < -0.39 is 11.9 Å². The van der Waals surface area contributed by atoms with Gasteiger partial charge in [-0.15, -0.1) is 11.3 Å². The lowest BCUT2D eigenvalue weighted by Gasteiger charge is -2.10. The maximum Gasteiger partial charge on any atom is 0.423 e. The number of esters is 2. The summed E-state index contributed by atoms with van der Waals surface area (Å²) in [5.74, 6) is -0.883. The van der Waals surface area contributed by atoms with Crippen LogP contribution in [0.4, 0.5) is 0 Å². The summed E-state index contributed by atoms with van der Waals surface area (Å²) < 4.78 is 17.6. The van der Waals surface area contributed by atoms with Crippen molar-refractivity contribution in [1.29, 1.82) is 0 Å². The molecule has 8 nitrogen and oxygen atoms in total. The van der Waals surface area contributed by atoms with Gasteiger partial charge in [-0.25, -0.2) is 19.6 Å². The molecule has 148 valence electrons. The molecule has 1 aliphatic heterocycles. The summed E-state index contributed by atoms with van der Waals surface area (Å²) in [7, 11) is 1.40. The number of aromatic nitrogens is 3. The molecule has 0 unspecified atom stereocenters. The van der Waals surface area contributed by atoms with Gasteiger partial charge in [-0.2, -0.15) is 0 Å². The van der Waals surface area contributed by atoms with Crippen molar-refractivity contribution in [3.63, 3.8) is 0 Å². The van der Waals surface area contributed by atoms with Gasteiger partial charge in [-0.3, -0.25) is 4.57 Å². The number of ether oxygens (including phenoxy) is 3. The highest BCUT2D eigenvalue weighted by atomic mass is 32.1. The zero-order valence-corrected chi connectivity index (χ0v) is 16.4. The summed E-state index contributed by atoms with van der Waals surface area (Å²) in [4.78, 5) is 34.0. The van der Waals surface area contributed by atoms with E-state index >= 15 is 0 Å². The molecule has 0 spiro atoms. The number of rotatable bonds is 4. The lowest BCUT2D eigenvalue weighted by Crippen LogP contribution is -2.23. The fourth-order valence-corrected chi connectivity index (χ4v) is 3.80. The number of carbonyl (C=O) groups excluding carboxylic acids is 2. The van der Waals surface area contributed by atoms with Crippen molar-refractivity contribution in [2.45, 2.75) is 0 Å². The SMILES string of the molecule is COc1c2cc3c(nc(/C=C/c4cccs4)n3-c3ccccn3)c1OC(=O)C(=O)O2. The van der Waals surface area contributed by atoms with E-state index in [4.69, 9.17) is 14.2 Å². The van der Waals surface area contributed by atoms with Crippen molar-refractivity contribution in [3.05, 3.63) is 58.7 Å². The molecular formula is C21H13N3O5S. The van der Waals surface area contributed by atoms with Gasteiger partial charge in [0.15, 0.2) is 5.75 Å². The van der Waals surface area contributed by atoms with E-state index in [0.717, 1.165) is 4.88 Å². The van der Waals surface area contributed by atoms with Crippen LogP contribution >= 0.6 is 11.3 Å². The highest BCUT2D eigenvalue weighted by molar-refractivity contribution is 7.10. The number of hydrogen-bond donors (Lipinski definition) is 0. The van der Waals surface area contributed by atoms with Crippen LogP contribution in [-0.2, 0) is 9.59 Å². The summed E-state index contributed by atoms with van der Waals surface area (Å²) in [6.07, 6.45) is 5.44. The number of methoxy groups -OCH3 is 1. The van der Waals surface area contributed by atoms with E-state index in [1.165, 1.54) is 7.11 Å². The second-order valence-corrected chi connectivity index (χ2v) is 7.21. The Kier molecular flexibility index (Phi) is 4.29. The average molecular weight is 419 g/mol. The number of benzene rings is 1. The first-order valence-electron chi connectivity index (χ1n) is 8.86. The van der Waals surface area contributed by atoms with E-state index in [-0.39, 0.29) is 17.2 Å². The number of carbonyl (C=O) groups is 2. The summed E-state index contributed by atoms with van der Waals surface area (Å²) in [6.45, 7) is 0. The second-order valence-electron chi connectivity index (χ2n) is 6.23. The molecule has 0 aliphatic carbocycles. The zero-order chi connectivity index (χ0) is 20.7. The summed E-state index contributed by atoms with van der Waals surface area (Å²) >= 11 is 1.59. The first-order chi connectivity index (χ1) is 14.7. The van der Waals surface area contributed by atoms with E-state index in [2.05, 4.69) is 9.97 Å². The van der Waals surface area contributed by atoms with Gasteiger partial charge in [0.05, 0.1) is 12.6 Å². The molecule has 5 rings (SSSR count). The molecule has 0 saturated heterocycles. The predicted molar refractivity (Wildman–Crippen MR) is 110 cm³/mol. The quantitative estimate of drug-likeness (QED) is 0.284. The Labute approximate surface area is 174 Å². The van der Waals surface area contributed by atoms with E-state index in [0.29, 0.717) is 22.7 Å². The molecule has 30 heavy (non-hydrogen) atoms. The van der Waals surface area contributed by atoms with Crippen LogP contribution in [0, 0.1) is 0 Å². The van der Waals surface area contributed by atoms with Crippen molar-refractivity contribution < 1.29 is 23.8 Å². The van der Waals surface area contributed by atoms with Gasteiger partial charge in [-0.1, -0.05) is 12.1 Å². The van der Waals surface area contributed by atoms with Gasteiger partial charge in [0.1, 0.15) is 17.2 Å². The highest BCUT2D eigenvalue weighted by Gasteiger charge is 2.33. The summed E-state index contributed by atoms with van der Waals surface area (Å²) in [5.41, 5.74) is 0.895. The second kappa shape index (κ2) is 7.12. The molecular weight excluding hydrogens is 406 g/mol. The van der Waals surface area contributed by atoms with Gasteiger partial charge in [0.25, 0.3) is 0 Å². The molecule has 1 aromatic carbocycles. The lowest BCUT2D eigenvalue weighted by atomic mass is 10.2. The number of hydrogen-bond acceptors (Lipinski definition) is 8. The molecule has 0 fully saturated rings. The van der Waals surface area contributed by atoms with E-state index in [1.807, 2.05) is 41.8 Å². The average Bonchev–Trinajstić information content (AvgIpc) is 3.38. The van der Waals surface area contributed by atoms with Crippen LogP contribution in [0.3, 0.4) is 0 Å². The molecule has 2 bridgehead atoms. The molecule has 4 aromatic rings. The van der Waals surface area contributed by atoms with Crippen LogP contribution in [0.15, 0.2) is 48.0 Å². The largest absolute Gasteiger partial charge is 0.490 e. The van der Waals surface area contributed by atoms with Gasteiger partial charge in [0, 0.05) is 17.1 Å². The third kappa shape index (κ3) is 2.92. The number of nitrogens with zero attached hydrogens (tertiary/aromatic N) is 3. The summed E-state index contributed by atoms with van der Waals surface area (Å²) in [5, 5.41) is 1.98. The zero-order valence-electron chi connectivity index (χ0n) is 15.6. The van der Waals surface area contributed by atoms with Crippen LogP contribution in [0.1, 0.15) is 10.7 Å². The minimum atomic E-state index is -1.14. The molecule has 0 amide bonds. The molecule has 4 heterocycles. The van der Waals surface area contributed by atoms with Gasteiger partial charge in [0.2, 0.25) is 11.5 Å². The predicted octanol–water partition coefficient (Wildman–Crippen LogP) is 3.49. The van der Waals surface area contributed by atoms with Crippen LogP contribution in [-0.4, -0.2) is 33.6 Å².